The van der Waals surface area contributed by atoms with Gasteiger partial charge in [0, 0.05) is 22.5 Å². The molecule has 0 amide bonds. The predicted molar refractivity (Wildman–Crippen MR) is 168 cm³/mol. The maximum absolute atomic E-state index is 5.20. The van der Waals surface area contributed by atoms with E-state index in [0.29, 0.717) is 5.95 Å². The van der Waals surface area contributed by atoms with E-state index < -0.39 is 0 Å². The van der Waals surface area contributed by atoms with Gasteiger partial charge in [-0.25, -0.2) is 9.97 Å². The molecule has 190 valence electrons. The molecule has 0 fully saturated rings. The van der Waals surface area contributed by atoms with Crippen molar-refractivity contribution in [2.24, 2.45) is 0 Å². The second kappa shape index (κ2) is 8.75. The molecule has 2 aromatic heterocycles. The van der Waals surface area contributed by atoms with Crippen LogP contribution in [0.3, 0.4) is 0 Å². The molecule has 0 unspecified atom stereocenters. The fraction of sp³-hybridized carbons (Fsp3) is 0.0811. The first-order valence-corrected chi connectivity index (χ1v) is 13.9. The van der Waals surface area contributed by atoms with Gasteiger partial charge < -0.3 is 0 Å². The van der Waals surface area contributed by atoms with Crippen molar-refractivity contribution in [3.63, 3.8) is 0 Å². The maximum atomic E-state index is 5.20. The van der Waals surface area contributed by atoms with Gasteiger partial charge in [0.1, 0.15) is 0 Å². The van der Waals surface area contributed by atoms with E-state index in [-0.39, 0.29) is 0 Å². The lowest BCUT2D eigenvalue weighted by molar-refractivity contribution is 0.928. The van der Waals surface area contributed by atoms with E-state index in [9.17, 15) is 0 Å². The maximum Gasteiger partial charge on any atom is 0.234 e. The van der Waals surface area contributed by atoms with Crippen LogP contribution in [-0.2, 0) is 6.42 Å². The van der Waals surface area contributed by atoms with Crippen molar-refractivity contribution < 1.29 is 0 Å². The highest BCUT2D eigenvalue weighted by Crippen LogP contribution is 2.39. The molecule has 0 saturated heterocycles. The van der Waals surface area contributed by atoms with Crippen LogP contribution < -0.4 is 0 Å². The number of aromatic nitrogens is 3. The highest BCUT2D eigenvalue weighted by molar-refractivity contribution is 6.26. The second-order valence-corrected chi connectivity index (χ2v) is 10.6. The molecule has 8 rings (SSSR count). The third-order valence-electron chi connectivity index (χ3n) is 8.35. The highest BCUT2D eigenvalue weighted by atomic mass is 15.2. The van der Waals surface area contributed by atoms with Crippen molar-refractivity contribution in [1.82, 2.24) is 14.5 Å². The smallest absolute Gasteiger partial charge is 0.234 e. The van der Waals surface area contributed by atoms with Gasteiger partial charge in [-0.1, -0.05) is 97.9 Å². The Kier molecular flexibility index (Phi) is 5.02. The molecular formula is C37H27N3. The van der Waals surface area contributed by atoms with E-state index in [4.69, 9.17) is 9.97 Å². The lowest BCUT2D eigenvalue weighted by atomic mass is 9.89. The summed E-state index contributed by atoms with van der Waals surface area (Å²) in [7, 11) is 0. The van der Waals surface area contributed by atoms with E-state index >= 15 is 0 Å². The molecule has 0 aliphatic heterocycles. The molecule has 0 aliphatic carbocycles. The quantitative estimate of drug-likeness (QED) is 0.220. The van der Waals surface area contributed by atoms with Gasteiger partial charge in [-0.3, -0.25) is 4.57 Å². The summed E-state index contributed by atoms with van der Waals surface area (Å²) in [6, 6.07) is 39.2. The number of nitrogens with zero attached hydrogens (tertiary/aromatic N) is 3. The Morgan fingerprint density at radius 1 is 0.550 bits per heavy atom. The summed E-state index contributed by atoms with van der Waals surface area (Å²) in [5.41, 5.74) is 6.83. The normalized spacial score (nSPS) is 11.8. The number of para-hydroxylation sites is 2. The molecule has 0 bridgehead atoms. The van der Waals surface area contributed by atoms with Crippen molar-refractivity contribution in [2.75, 3.05) is 0 Å². The average molecular weight is 514 g/mol. The van der Waals surface area contributed by atoms with Gasteiger partial charge in [-0.2, -0.15) is 0 Å². The zero-order chi connectivity index (χ0) is 26.8. The molecule has 0 atom stereocenters. The van der Waals surface area contributed by atoms with Crippen LogP contribution in [0.15, 0.2) is 115 Å². The first-order chi connectivity index (χ1) is 19.7. The van der Waals surface area contributed by atoms with Gasteiger partial charge in [0.25, 0.3) is 0 Å². The summed E-state index contributed by atoms with van der Waals surface area (Å²) in [4.78, 5) is 10.2. The zero-order valence-electron chi connectivity index (χ0n) is 22.5. The lowest BCUT2D eigenvalue weighted by Crippen LogP contribution is -2.05. The van der Waals surface area contributed by atoms with Crippen LogP contribution in [0.25, 0.3) is 71.2 Å². The van der Waals surface area contributed by atoms with Gasteiger partial charge in [0.05, 0.1) is 16.7 Å². The molecule has 0 aliphatic rings. The summed E-state index contributed by atoms with van der Waals surface area (Å²) in [5, 5.41) is 10.1. The van der Waals surface area contributed by atoms with Gasteiger partial charge in [-0.05, 0) is 75.0 Å². The first-order valence-electron chi connectivity index (χ1n) is 13.9. The van der Waals surface area contributed by atoms with Crippen molar-refractivity contribution >= 4 is 54.1 Å². The Bertz CT molecular complexity index is 2220. The molecular weight excluding hydrogens is 486 g/mol. The van der Waals surface area contributed by atoms with Crippen molar-refractivity contribution in [2.45, 2.75) is 20.3 Å². The number of fused-ring (bicyclic) bond motifs is 9. The minimum absolute atomic E-state index is 0.716. The van der Waals surface area contributed by atoms with Crippen LogP contribution in [-0.4, -0.2) is 14.5 Å². The molecule has 0 spiro atoms. The van der Waals surface area contributed by atoms with E-state index in [2.05, 4.69) is 128 Å². The molecule has 8 aromatic rings. The van der Waals surface area contributed by atoms with Crippen LogP contribution in [0.4, 0.5) is 0 Å². The average Bonchev–Trinajstić information content (AvgIpc) is 3.35. The number of benzene rings is 6. The van der Waals surface area contributed by atoms with E-state index in [0.717, 1.165) is 28.7 Å². The van der Waals surface area contributed by atoms with Gasteiger partial charge in [-0.15, -0.1) is 0 Å². The number of hydrogen-bond donors (Lipinski definition) is 0. The van der Waals surface area contributed by atoms with Gasteiger partial charge >= 0.3 is 0 Å². The molecule has 0 saturated carbocycles. The Morgan fingerprint density at radius 3 is 1.57 bits per heavy atom. The molecule has 3 nitrogen and oxygen atoms in total. The lowest BCUT2D eigenvalue weighted by Gasteiger charge is -2.16. The fourth-order valence-electron chi connectivity index (χ4n) is 6.50. The van der Waals surface area contributed by atoms with Gasteiger partial charge in [0.2, 0.25) is 5.95 Å². The molecule has 6 aromatic carbocycles. The SMILES string of the molecule is CCc1nc(-n2c3ccccc3c3ccccc32)ncc1-c1cc2c3ccccc3c3ccccc3c2cc1C. The molecule has 40 heavy (non-hydrogen) atoms. The third kappa shape index (κ3) is 3.24. The van der Waals surface area contributed by atoms with Crippen molar-refractivity contribution in [1.29, 1.82) is 0 Å². The zero-order valence-corrected chi connectivity index (χ0v) is 22.5. The predicted octanol–water partition coefficient (Wildman–Crippen LogP) is 9.57. The van der Waals surface area contributed by atoms with Crippen LogP contribution in [0.2, 0.25) is 0 Å². The Morgan fingerprint density at radius 2 is 1.02 bits per heavy atom. The second-order valence-electron chi connectivity index (χ2n) is 10.6. The summed E-state index contributed by atoms with van der Waals surface area (Å²) in [6.45, 7) is 4.39. The minimum atomic E-state index is 0.716. The Labute approximate surface area is 232 Å². The largest absolute Gasteiger partial charge is 0.278 e. The fourth-order valence-corrected chi connectivity index (χ4v) is 6.50. The molecule has 0 N–H and O–H groups in total. The topological polar surface area (TPSA) is 30.7 Å². The van der Waals surface area contributed by atoms with Crippen molar-refractivity contribution in [3.8, 4) is 17.1 Å². The monoisotopic (exact) mass is 513 g/mol. The van der Waals surface area contributed by atoms with Crippen LogP contribution in [0, 0.1) is 6.92 Å². The van der Waals surface area contributed by atoms with Crippen molar-refractivity contribution in [3.05, 3.63) is 127 Å². The van der Waals surface area contributed by atoms with Crippen LogP contribution in [0.1, 0.15) is 18.2 Å². The summed E-state index contributed by atoms with van der Waals surface area (Å²) >= 11 is 0. The van der Waals surface area contributed by atoms with E-state index in [1.807, 2.05) is 6.20 Å². The standard InChI is InChI=1S/C37H27N3/c1-3-34-33(22-38-37(39-34)40-35-18-10-8-16-28(35)29-17-9-11-19-36(29)40)30-21-32-27-15-7-5-13-25(27)24-12-4-6-14-26(24)31(32)20-23(30)2/h4-22H,3H2,1-2H3. The Hall–Kier alpha value is -5.02. The molecule has 0 radical (unpaired) electrons. The van der Waals surface area contributed by atoms with E-state index in [1.54, 1.807) is 0 Å². The van der Waals surface area contributed by atoms with Crippen LogP contribution >= 0.6 is 0 Å². The van der Waals surface area contributed by atoms with E-state index in [1.165, 1.54) is 54.2 Å². The molecule has 2 heterocycles. The minimum Gasteiger partial charge on any atom is -0.278 e. The van der Waals surface area contributed by atoms with Gasteiger partial charge in [0.15, 0.2) is 0 Å². The Balaban J connectivity index is 1.38. The summed E-state index contributed by atoms with van der Waals surface area (Å²) in [5.74, 6) is 0.716. The first kappa shape index (κ1) is 22.9. The summed E-state index contributed by atoms with van der Waals surface area (Å²) in [6.07, 6.45) is 2.85. The summed E-state index contributed by atoms with van der Waals surface area (Å²) < 4.78 is 2.19. The van der Waals surface area contributed by atoms with Crippen LogP contribution in [0.5, 0.6) is 0 Å². The number of aryl methyl sites for hydroxylation is 2. The number of rotatable bonds is 3. The number of hydrogen-bond acceptors (Lipinski definition) is 2. The molecule has 3 heteroatoms. The highest BCUT2D eigenvalue weighted by Gasteiger charge is 2.18. The third-order valence-corrected chi connectivity index (χ3v) is 8.35.